The van der Waals surface area contributed by atoms with Crippen molar-refractivity contribution in [2.24, 2.45) is 17.3 Å². The third-order valence-corrected chi connectivity index (χ3v) is 4.52. The fourth-order valence-corrected chi connectivity index (χ4v) is 2.92. The van der Waals surface area contributed by atoms with E-state index >= 15 is 0 Å². The van der Waals surface area contributed by atoms with Crippen molar-refractivity contribution in [3.8, 4) is 11.5 Å². The van der Waals surface area contributed by atoms with Gasteiger partial charge in [0.15, 0.2) is 18.1 Å². The Morgan fingerprint density at radius 3 is 1.88 bits per heavy atom. The molecular weight excluding hydrogens is 412 g/mol. The number of amides is 2. The summed E-state index contributed by atoms with van der Waals surface area (Å²) in [7, 11) is 2.90. The number of hydrogen-bond acceptors (Lipinski definition) is 6. The summed E-state index contributed by atoms with van der Waals surface area (Å²) in [5, 5.41) is 2.75. The Labute approximate surface area is 191 Å². The van der Waals surface area contributed by atoms with Crippen LogP contribution in [0.2, 0.25) is 0 Å². The molecule has 0 aliphatic heterocycles. The molecule has 0 saturated carbocycles. The van der Waals surface area contributed by atoms with Crippen molar-refractivity contribution in [2.45, 2.75) is 48.5 Å². The Balaban J connectivity index is 3.14. The van der Waals surface area contributed by atoms with Crippen LogP contribution in [-0.4, -0.2) is 56.6 Å². The summed E-state index contributed by atoms with van der Waals surface area (Å²) in [5.74, 6) is -0.0453. The van der Waals surface area contributed by atoms with Crippen LogP contribution in [-0.2, 0) is 14.3 Å². The van der Waals surface area contributed by atoms with Gasteiger partial charge >= 0.3 is 5.97 Å². The predicted octanol–water partition coefficient (Wildman–Crippen LogP) is 3.99. The monoisotopic (exact) mass is 450 g/mol. The highest BCUT2D eigenvalue weighted by Gasteiger charge is 2.26. The molecule has 0 aromatic heterocycles. The van der Waals surface area contributed by atoms with E-state index < -0.39 is 11.4 Å². The lowest BCUT2D eigenvalue weighted by atomic mass is 9.95. The SMILES string of the molecule is COc1cc(NC(=O)C(C)(C)C)c(C(=O)OCC(=O)N(CC(C)C)CC(C)C)cc1OC. The highest BCUT2D eigenvalue weighted by molar-refractivity contribution is 6.04. The molecule has 1 N–H and O–H groups in total. The van der Waals surface area contributed by atoms with Crippen LogP contribution >= 0.6 is 0 Å². The van der Waals surface area contributed by atoms with Crippen LogP contribution in [0, 0.1) is 17.3 Å². The highest BCUT2D eigenvalue weighted by Crippen LogP contribution is 2.34. The lowest BCUT2D eigenvalue weighted by molar-refractivity contribution is -0.135. The van der Waals surface area contributed by atoms with E-state index in [1.807, 2.05) is 27.7 Å². The van der Waals surface area contributed by atoms with Crippen molar-refractivity contribution in [3.63, 3.8) is 0 Å². The number of methoxy groups -OCH3 is 2. The van der Waals surface area contributed by atoms with E-state index in [0.29, 0.717) is 36.4 Å². The van der Waals surface area contributed by atoms with Gasteiger partial charge in [0.25, 0.3) is 5.91 Å². The smallest absolute Gasteiger partial charge is 0.340 e. The number of esters is 1. The number of anilines is 1. The number of carbonyl (C=O) groups excluding carboxylic acids is 3. The molecule has 1 aromatic carbocycles. The molecule has 0 atom stereocenters. The molecule has 0 heterocycles. The molecule has 1 rings (SSSR count). The summed E-state index contributed by atoms with van der Waals surface area (Å²) in [5.41, 5.74) is -0.382. The van der Waals surface area contributed by atoms with Crippen molar-refractivity contribution < 1.29 is 28.6 Å². The zero-order valence-corrected chi connectivity index (χ0v) is 20.8. The predicted molar refractivity (Wildman–Crippen MR) is 124 cm³/mol. The van der Waals surface area contributed by atoms with Gasteiger partial charge in [-0.25, -0.2) is 4.79 Å². The van der Waals surface area contributed by atoms with E-state index in [1.165, 1.54) is 26.4 Å². The second kappa shape index (κ2) is 11.7. The van der Waals surface area contributed by atoms with Crippen molar-refractivity contribution in [2.75, 3.05) is 39.2 Å². The molecule has 8 nitrogen and oxygen atoms in total. The van der Waals surface area contributed by atoms with Crippen LogP contribution in [0.5, 0.6) is 11.5 Å². The van der Waals surface area contributed by atoms with Crippen LogP contribution in [0.4, 0.5) is 5.69 Å². The number of benzene rings is 1. The van der Waals surface area contributed by atoms with E-state index in [2.05, 4.69) is 5.32 Å². The molecule has 0 saturated heterocycles. The van der Waals surface area contributed by atoms with Crippen molar-refractivity contribution >= 4 is 23.5 Å². The molecule has 0 radical (unpaired) electrons. The van der Waals surface area contributed by atoms with Crippen molar-refractivity contribution in [1.29, 1.82) is 0 Å². The van der Waals surface area contributed by atoms with Crippen LogP contribution in [0.3, 0.4) is 0 Å². The van der Waals surface area contributed by atoms with Gasteiger partial charge in [-0.15, -0.1) is 0 Å². The molecule has 0 unspecified atom stereocenters. The Bertz CT molecular complexity index is 801. The van der Waals surface area contributed by atoms with E-state index in [4.69, 9.17) is 14.2 Å². The Morgan fingerprint density at radius 2 is 1.44 bits per heavy atom. The van der Waals surface area contributed by atoms with Crippen molar-refractivity contribution in [1.82, 2.24) is 4.90 Å². The van der Waals surface area contributed by atoms with Gasteiger partial charge in [-0.05, 0) is 11.8 Å². The topological polar surface area (TPSA) is 94.2 Å². The van der Waals surface area contributed by atoms with E-state index in [0.717, 1.165) is 0 Å². The molecule has 1 aromatic rings. The molecular formula is C24H38N2O6. The zero-order valence-electron chi connectivity index (χ0n) is 20.8. The van der Waals surface area contributed by atoms with Crippen LogP contribution < -0.4 is 14.8 Å². The second-order valence-corrected chi connectivity index (χ2v) is 9.62. The molecule has 0 fully saturated rings. The van der Waals surface area contributed by atoms with Crippen LogP contribution in [0.1, 0.15) is 58.8 Å². The summed E-state index contributed by atoms with van der Waals surface area (Å²) in [4.78, 5) is 39.8. The lowest BCUT2D eigenvalue weighted by Crippen LogP contribution is -2.39. The van der Waals surface area contributed by atoms with Gasteiger partial charge < -0.3 is 24.4 Å². The maximum atomic E-state index is 12.9. The number of nitrogens with one attached hydrogen (secondary N) is 1. The molecule has 0 spiro atoms. The minimum Gasteiger partial charge on any atom is -0.493 e. The molecule has 32 heavy (non-hydrogen) atoms. The van der Waals surface area contributed by atoms with Gasteiger partial charge in [0.05, 0.1) is 25.5 Å². The van der Waals surface area contributed by atoms with E-state index in [1.54, 1.807) is 25.7 Å². The first-order valence-electron chi connectivity index (χ1n) is 10.8. The minimum absolute atomic E-state index is 0.0762. The molecule has 0 aliphatic carbocycles. The molecule has 2 amide bonds. The number of rotatable bonds is 10. The normalized spacial score (nSPS) is 11.3. The van der Waals surface area contributed by atoms with E-state index in [-0.39, 0.29) is 29.7 Å². The third kappa shape index (κ3) is 8.05. The lowest BCUT2D eigenvalue weighted by Gasteiger charge is -2.26. The maximum Gasteiger partial charge on any atom is 0.340 e. The Kier molecular flexibility index (Phi) is 10.0. The van der Waals surface area contributed by atoms with Crippen LogP contribution in [0.15, 0.2) is 12.1 Å². The average Bonchev–Trinajstić information content (AvgIpc) is 2.69. The summed E-state index contributed by atoms with van der Waals surface area (Å²) < 4.78 is 15.9. The first-order chi connectivity index (χ1) is 14.8. The fraction of sp³-hybridized carbons (Fsp3) is 0.625. The molecule has 0 aliphatic rings. The van der Waals surface area contributed by atoms with Gasteiger partial charge in [-0.2, -0.15) is 0 Å². The van der Waals surface area contributed by atoms with Gasteiger partial charge in [0.2, 0.25) is 5.91 Å². The van der Waals surface area contributed by atoms with E-state index in [9.17, 15) is 14.4 Å². The first kappa shape index (κ1) is 27.3. The van der Waals surface area contributed by atoms with Gasteiger partial charge in [-0.1, -0.05) is 48.5 Å². The largest absolute Gasteiger partial charge is 0.493 e. The summed E-state index contributed by atoms with van der Waals surface area (Å²) in [6, 6.07) is 2.94. The number of nitrogens with zero attached hydrogens (tertiary/aromatic N) is 1. The Hall–Kier alpha value is -2.77. The van der Waals surface area contributed by atoms with Gasteiger partial charge in [0, 0.05) is 30.6 Å². The second-order valence-electron chi connectivity index (χ2n) is 9.62. The standard InChI is InChI=1S/C24H38N2O6/c1-15(2)12-26(13-16(3)4)21(27)14-32-22(28)17-10-19(30-8)20(31-9)11-18(17)25-23(29)24(5,6)7/h10-11,15-16H,12-14H2,1-9H3,(H,25,29). The number of hydrogen-bond donors (Lipinski definition) is 1. The van der Waals surface area contributed by atoms with Gasteiger partial charge in [0.1, 0.15) is 0 Å². The zero-order chi connectivity index (χ0) is 24.6. The number of carbonyl (C=O) groups is 3. The average molecular weight is 451 g/mol. The Morgan fingerprint density at radius 1 is 0.938 bits per heavy atom. The minimum atomic E-state index is -0.738. The summed E-state index contributed by atoms with van der Waals surface area (Å²) in [6.07, 6.45) is 0. The third-order valence-electron chi connectivity index (χ3n) is 4.52. The fourth-order valence-electron chi connectivity index (χ4n) is 2.92. The molecule has 8 heteroatoms. The highest BCUT2D eigenvalue weighted by atomic mass is 16.5. The van der Waals surface area contributed by atoms with Gasteiger partial charge in [-0.3, -0.25) is 9.59 Å². The number of ether oxygens (including phenoxy) is 3. The quantitative estimate of drug-likeness (QED) is 0.542. The maximum absolute atomic E-state index is 12.9. The molecule has 180 valence electrons. The van der Waals surface area contributed by atoms with Crippen LogP contribution in [0.25, 0.3) is 0 Å². The first-order valence-corrected chi connectivity index (χ1v) is 10.8. The summed E-state index contributed by atoms with van der Waals surface area (Å²) >= 11 is 0. The van der Waals surface area contributed by atoms with Crippen molar-refractivity contribution in [3.05, 3.63) is 17.7 Å². The molecule has 0 bridgehead atoms. The summed E-state index contributed by atoms with van der Waals surface area (Å²) in [6.45, 7) is 14.2.